The molecule has 164 valence electrons. The first-order valence-electron chi connectivity index (χ1n) is 10.4. The molecule has 2 N–H and O–H groups in total. The van der Waals surface area contributed by atoms with Crippen LogP contribution in [0.15, 0.2) is 41.5 Å². The Balaban J connectivity index is 0.000000303. The highest BCUT2D eigenvalue weighted by Crippen LogP contribution is 2.20. The van der Waals surface area contributed by atoms with E-state index in [1.807, 2.05) is 27.9 Å². The molecule has 0 aliphatic heterocycles. The Morgan fingerprint density at radius 1 is 0.867 bits per heavy atom. The van der Waals surface area contributed by atoms with Crippen molar-refractivity contribution in [1.29, 1.82) is 0 Å². The molecular formula is C24H38N6. The standard InChI is InChI=1S/C12H18N4.C12H20N2/c1-9-5-6-12(16(3)4)8-11(9)7-10(2)14-15-13;1-9-5-6-12(14(3)4)8-11(9)7-10(2)13/h5-6,8,10H,7H2,1-4H3;5-6,8,10H,7,13H2,1-4H3/t2*10-/m00/s1. The SMILES string of the molecule is Cc1ccc(N(C)C)cc1C[C@H](C)N.Cc1ccc(N(C)C)cc1C[C@H](C)N=[N+]=[N-]. The van der Waals surface area contributed by atoms with Crippen LogP contribution >= 0.6 is 0 Å². The minimum Gasteiger partial charge on any atom is -0.378 e. The van der Waals surface area contributed by atoms with Crippen molar-refractivity contribution in [3.05, 3.63) is 69.1 Å². The van der Waals surface area contributed by atoms with Gasteiger partial charge in [-0.1, -0.05) is 24.2 Å². The molecule has 30 heavy (non-hydrogen) atoms. The van der Waals surface area contributed by atoms with Crippen LogP contribution in [0, 0.1) is 13.8 Å². The Labute approximate surface area is 182 Å². The zero-order chi connectivity index (χ0) is 22.8. The molecule has 0 fully saturated rings. The molecule has 6 nitrogen and oxygen atoms in total. The maximum Gasteiger partial charge on any atom is 0.0386 e. The second-order valence-corrected chi connectivity index (χ2v) is 8.45. The van der Waals surface area contributed by atoms with Crippen LogP contribution in [-0.2, 0) is 12.8 Å². The molecule has 0 radical (unpaired) electrons. The molecule has 0 amide bonds. The van der Waals surface area contributed by atoms with Gasteiger partial charge in [0.05, 0.1) is 0 Å². The Morgan fingerprint density at radius 3 is 1.67 bits per heavy atom. The molecule has 6 heteroatoms. The van der Waals surface area contributed by atoms with Crippen molar-refractivity contribution in [3.63, 3.8) is 0 Å². The Kier molecular flexibility index (Phi) is 10.2. The summed E-state index contributed by atoms with van der Waals surface area (Å²) >= 11 is 0. The number of hydrogen-bond donors (Lipinski definition) is 1. The molecule has 0 heterocycles. The lowest BCUT2D eigenvalue weighted by Crippen LogP contribution is -2.19. The van der Waals surface area contributed by atoms with Crippen molar-refractivity contribution in [3.8, 4) is 0 Å². The molecule has 0 saturated heterocycles. The van der Waals surface area contributed by atoms with Crippen LogP contribution in [0.3, 0.4) is 0 Å². The number of azide groups is 1. The molecule has 2 aromatic carbocycles. The van der Waals surface area contributed by atoms with Crippen LogP contribution in [-0.4, -0.2) is 40.3 Å². The second-order valence-electron chi connectivity index (χ2n) is 8.45. The fourth-order valence-corrected chi connectivity index (χ4v) is 3.11. The first-order chi connectivity index (χ1) is 14.0. The zero-order valence-corrected chi connectivity index (χ0v) is 19.8. The average molecular weight is 411 g/mol. The van der Waals surface area contributed by atoms with Gasteiger partial charge in [-0.05, 0) is 85.7 Å². The van der Waals surface area contributed by atoms with E-state index in [9.17, 15) is 0 Å². The van der Waals surface area contributed by atoms with Crippen LogP contribution in [0.25, 0.3) is 10.4 Å². The van der Waals surface area contributed by atoms with Gasteiger partial charge in [0.15, 0.2) is 0 Å². The lowest BCUT2D eigenvalue weighted by molar-refractivity contribution is 0.728. The van der Waals surface area contributed by atoms with Gasteiger partial charge < -0.3 is 15.5 Å². The van der Waals surface area contributed by atoms with Crippen LogP contribution in [0.1, 0.15) is 36.1 Å². The summed E-state index contributed by atoms with van der Waals surface area (Å²) < 4.78 is 0. The topological polar surface area (TPSA) is 81.3 Å². The van der Waals surface area contributed by atoms with Crippen molar-refractivity contribution in [2.24, 2.45) is 10.8 Å². The monoisotopic (exact) mass is 410 g/mol. The number of hydrogen-bond acceptors (Lipinski definition) is 4. The Bertz CT molecular complexity index is 851. The van der Waals surface area contributed by atoms with Gasteiger partial charge in [-0.3, -0.25) is 0 Å². The molecule has 0 aliphatic rings. The van der Waals surface area contributed by atoms with Gasteiger partial charge >= 0.3 is 0 Å². The van der Waals surface area contributed by atoms with Gasteiger partial charge in [-0.2, -0.15) is 0 Å². The highest BCUT2D eigenvalue weighted by molar-refractivity contribution is 5.50. The summed E-state index contributed by atoms with van der Waals surface area (Å²) in [6, 6.07) is 13.1. The Hall–Kier alpha value is -2.69. The molecular weight excluding hydrogens is 372 g/mol. The van der Waals surface area contributed by atoms with Gasteiger partial charge in [-0.15, -0.1) is 0 Å². The van der Waals surface area contributed by atoms with Crippen LogP contribution in [0.5, 0.6) is 0 Å². The average Bonchev–Trinajstić information content (AvgIpc) is 2.65. The lowest BCUT2D eigenvalue weighted by atomic mass is 10.0. The summed E-state index contributed by atoms with van der Waals surface area (Å²) in [6.07, 6.45) is 1.74. The van der Waals surface area contributed by atoms with E-state index in [0.717, 1.165) is 12.8 Å². The quantitative estimate of drug-likeness (QED) is 0.384. The van der Waals surface area contributed by atoms with Gasteiger partial charge in [0.2, 0.25) is 0 Å². The molecule has 0 saturated carbocycles. The van der Waals surface area contributed by atoms with E-state index in [-0.39, 0.29) is 12.1 Å². The van der Waals surface area contributed by atoms with Gasteiger partial charge in [-0.25, -0.2) is 0 Å². The third kappa shape index (κ3) is 8.36. The maximum atomic E-state index is 8.38. The number of nitrogens with two attached hydrogens (primary N) is 1. The summed E-state index contributed by atoms with van der Waals surface area (Å²) in [6.45, 7) is 8.19. The van der Waals surface area contributed by atoms with E-state index < -0.39 is 0 Å². The summed E-state index contributed by atoms with van der Waals surface area (Å²) in [5.41, 5.74) is 21.8. The smallest absolute Gasteiger partial charge is 0.0386 e. The summed E-state index contributed by atoms with van der Waals surface area (Å²) in [5, 5.41) is 3.70. The molecule has 0 bridgehead atoms. The summed E-state index contributed by atoms with van der Waals surface area (Å²) in [4.78, 5) is 7.02. The number of nitrogens with zero attached hydrogens (tertiary/aromatic N) is 5. The van der Waals surface area contributed by atoms with Gasteiger partial charge in [0, 0.05) is 56.6 Å². The predicted octanol–water partition coefficient (Wildman–Crippen LogP) is 5.25. The normalized spacial score (nSPS) is 12.2. The highest BCUT2D eigenvalue weighted by Gasteiger charge is 2.06. The number of anilines is 2. The van der Waals surface area contributed by atoms with Gasteiger partial charge in [0.1, 0.15) is 0 Å². The number of rotatable bonds is 7. The van der Waals surface area contributed by atoms with Gasteiger partial charge in [0.25, 0.3) is 0 Å². The molecule has 2 aromatic rings. The van der Waals surface area contributed by atoms with Crippen molar-refractivity contribution >= 4 is 11.4 Å². The molecule has 2 atom stereocenters. The molecule has 0 aromatic heterocycles. The van der Waals surface area contributed by atoms with E-state index in [4.69, 9.17) is 11.3 Å². The van der Waals surface area contributed by atoms with Crippen molar-refractivity contribution in [2.45, 2.75) is 52.6 Å². The fourth-order valence-electron chi connectivity index (χ4n) is 3.11. The van der Waals surface area contributed by atoms with E-state index in [1.165, 1.54) is 33.6 Å². The highest BCUT2D eigenvalue weighted by atomic mass is 15.1. The lowest BCUT2D eigenvalue weighted by Gasteiger charge is -2.16. The van der Waals surface area contributed by atoms with Crippen LogP contribution < -0.4 is 15.5 Å². The Morgan fingerprint density at radius 2 is 1.30 bits per heavy atom. The van der Waals surface area contributed by atoms with E-state index in [0.29, 0.717) is 0 Å². The third-order valence-corrected chi connectivity index (χ3v) is 5.00. The van der Waals surface area contributed by atoms with Crippen molar-refractivity contribution in [1.82, 2.24) is 0 Å². The number of aryl methyl sites for hydroxylation is 2. The molecule has 0 spiro atoms. The van der Waals surface area contributed by atoms with E-state index in [1.54, 1.807) is 0 Å². The third-order valence-electron chi connectivity index (χ3n) is 5.00. The minimum atomic E-state index is 0.00103. The van der Waals surface area contributed by atoms with E-state index in [2.05, 4.69) is 84.2 Å². The first-order valence-corrected chi connectivity index (χ1v) is 10.4. The molecule has 0 unspecified atom stereocenters. The molecule has 0 aliphatic carbocycles. The van der Waals surface area contributed by atoms with Crippen molar-refractivity contribution in [2.75, 3.05) is 38.0 Å². The van der Waals surface area contributed by atoms with Crippen LogP contribution in [0.2, 0.25) is 0 Å². The maximum absolute atomic E-state index is 8.38. The molecule has 2 rings (SSSR count). The van der Waals surface area contributed by atoms with E-state index >= 15 is 0 Å². The predicted molar refractivity (Wildman–Crippen MR) is 131 cm³/mol. The summed E-state index contributed by atoms with van der Waals surface area (Å²) in [7, 11) is 8.15. The fraction of sp³-hybridized carbons (Fsp3) is 0.500. The zero-order valence-electron chi connectivity index (χ0n) is 19.8. The largest absolute Gasteiger partial charge is 0.378 e. The minimum absolute atomic E-state index is 0.00103. The summed E-state index contributed by atoms with van der Waals surface area (Å²) in [5.74, 6) is 0. The van der Waals surface area contributed by atoms with Crippen molar-refractivity contribution < 1.29 is 0 Å². The second kappa shape index (κ2) is 12.1. The van der Waals surface area contributed by atoms with Crippen LogP contribution in [0.4, 0.5) is 11.4 Å². The number of benzene rings is 2. The first kappa shape index (κ1) is 25.3.